The van der Waals surface area contributed by atoms with E-state index in [9.17, 15) is 9.59 Å². The molecule has 114 valence electrons. The maximum Gasteiger partial charge on any atom is 0.319 e. The molecule has 0 unspecified atom stereocenters. The zero-order valence-electron chi connectivity index (χ0n) is 12.5. The number of anilines is 1. The first kappa shape index (κ1) is 15.4. The number of rotatable bonds is 5. The molecule has 0 spiro atoms. The smallest absolute Gasteiger partial charge is 0.319 e. The fourth-order valence-corrected chi connectivity index (χ4v) is 2.60. The number of hydrogen-bond donors (Lipinski definition) is 3. The lowest BCUT2D eigenvalue weighted by Gasteiger charge is -2.25. The highest BCUT2D eigenvalue weighted by Gasteiger charge is 2.21. The lowest BCUT2D eigenvalue weighted by Crippen LogP contribution is -2.45. The van der Waals surface area contributed by atoms with Crippen LogP contribution in [-0.2, 0) is 17.6 Å². The van der Waals surface area contributed by atoms with Gasteiger partial charge in [0.2, 0.25) is 0 Å². The molecule has 0 aliphatic heterocycles. The highest BCUT2D eigenvalue weighted by atomic mass is 16.4. The molecule has 0 saturated heterocycles. The first-order valence-corrected chi connectivity index (χ1v) is 7.28. The molecule has 2 rings (SSSR count). The van der Waals surface area contributed by atoms with Crippen molar-refractivity contribution in [3.05, 3.63) is 29.3 Å². The van der Waals surface area contributed by atoms with Gasteiger partial charge in [-0.3, -0.25) is 4.79 Å². The van der Waals surface area contributed by atoms with Gasteiger partial charge in [0.05, 0.1) is 0 Å². The second-order valence-corrected chi connectivity index (χ2v) is 6.19. The Balaban J connectivity index is 1.90. The number of aryl methyl sites for hydroxylation is 2. The number of fused-ring (bicyclic) bond motifs is 1. The van der Waals surface area contributed by atoms with Crippen LogP contribution in [0.2, 0.25) is 0 Å². The fourth-order valence-electron chi connectivity index (χ4n) is 2.60. The molecule has 21 heavy (non-hydrogen) atoms. The molecule has 3 N–H and O–H groups in total. The van der Waals surface area contributed by atoms with Crippen LogP contribution < -0.4 is 10.6 Å². The monoisotopic (exact) mass is 290 g/mol. The van der Waals surface area contributed by atoms with Gasteiger partial charge in [-0.25, -0.2) is 4.79 Å². The maximum atomic E-state index is 12.0. The summed E-state index contributed by atoms with van der Waals surface area (Å²) in [6.45, 7) is 3.64. The summed E-state index contributed by atoms with van der Waals surface area (Å²) in [7, 11) is 0. The molecule has 1 aliphatic rings. The Labute approximate surface area is 124 Å². The minimum atomic E-state index is -0.857. The number of urea groups is 1. The van der Waals surface area contributed by atoms with Crippen LogP contribution in [0, 0.1) is 0 Å². The van der Waals surface area contributed by atoms with E-state index in [1.165, 1.54) is 17.5 Å². The van der Waals surface area contributed by atoms with Crippen molar-refractivity contribution in [3.63, 3.8) is 0 Å². The van der Waals surface area contributed by atoms with E-state index in [0.717, 1.165) is 18.5 Å². The number of benzene rings is 1. The normalized spacial score (nSPS) is 13.6. The Bertz CT molecular complexity index is 552. The predicted molar refractivity (Wildman–Crippen MR) is 81.6 cm³/mol. The summed E-state index contributed by atoms with van der Waals surface area (Å²) in [6.07, 6.45) is 3.78. The SMILES string of the molecule is CC(C)(CCC(=O)O)NC(=O)Nc1ccc2c(c1)CCC2. The number of hydrogen-bond acceptors (Lipinski definition) is 2. The molecule has 5 nitrogen and oxygen atoms in total. The van der Waals surface area contributed by atoms with Gasteiger partial charge in [-0.05, 0) is 62.8 Å². The third-order valence-electron chi connectivity index (χ3n) is 3.77. The molecule has 1 aromatic carbocycles. The van der Waals surface area contributed by atoms with Crippen molar-refractivity contribution >= 4 is 17.7 Å². The Morgan fingerprint density at radius 2 is 1.95 bits per heavy atom. The van der Waals surface area contributed by atoms with Crippen LogP contribution in [0.4, 0.5) is 10.5 Å². The molecular weight excluding hydrogens is 268 g/mol. The minimum absolute atomic E-state index is 0.0339. The summed E-state index contributed by atoms with van der Waals surface area (Å²) < 4.78 is 0. The third-order valence-corrected chi connectivity index (χ3v) is 3.77. The number of carboxylic acids is 1. The van der Waals surface area contributed by atoms with Gasteiger partial charge in [0.1, 0.15) is 0 Å². The summed E-state index contributed by atoms with van der Waals surface area (Å²) in [6, 6.07) is 5.69. The van der Waals surface area contributed by atoms with E-state index >= 15 is 0 Å². The van der Waals surface area contributed by atoms with E-state index in [0.29, 0.717) is 6.42 Å². The van der Waals surface area contributed by atoms with Gasteiger partial charge in [0.15, 0.2) is 0 Å². The molecule has 1 aliphatic carbocycles. The molecule has 0 saturated carbocycles. The second-order valence-electron chi connectivity index (χ2n) is 6.19. The Kier molecular flexibility index (Phi) is 4.50. The van der Waals surface area contributed by atoms with Crippen LogP contribution in [0.25, 0.3) is 0 Å². The molecule has 0 heterocycles. The third kappa shape index (κ3) is 4.48. The first-order valence-electron chi connectivity index (χ1n) is 7.28. The summed E-state index contributed by atoms with van der Waals surface area (Å²) in [4.78, 5) is 22.6. The molecule has 0 atom stereocenters. The van der Waals surface area contributed by atoms with Gasteiger partial charge < -0.3 is 15.7 Å². The Morgan fingerprint density at radius 3 is 2.67 bits per heavy atom. The zero-order valence-corrected chi connectivity index (χ0v) is 12.5. The van der Waals surface area contributed by atoms with Crippen LogP contribution in [-0.4, -0.2) is 22.6 Å². The van der Waals surface area contributed by atoms with E-state index in [4.69, 9.17) is 5.11 Å². The summed E-state index contributed by atoms with van der Waals surface area (Å²) in [5, 5.41) is 14.3. The number of carbonyl (C=O) groups excluding carboxylic acids is 1. The van der Waals surface area contributed by atoms with Crippen LogP contribution in [0.1, 0.15) is 44.2 Å². The van der Waals surface area contributed by atoms with Crippen molar-refractivity contribution in [2.45, 2.75) is 51.5 Å². The van der Waals surface area contributed by atoms with Crippen molar-refractivity contribution in [1.82, 2.24) is 5.32 Å². The Hall–Kier alpha value is -2.04. The van der Waals surface area contributed by atoms with Gasteiger partial charge in [0.25, 0.3) is 0 Å². The van der Waals surface area contributed by atoms with Gasteiger partial charge in [-0.1, -0.05) is 6.07 Å². The fraction of sp³-hybridized carbons (Fsp3) is 0.500. The number of amides is 2. The second kappa shape index (κ2) is 6.16. The lowest BCUT2D eigenvalue weighted by atomic mass is 9.99. The molecule has 5 heteroatoms. The lowest BCUT2D eigenvalue weighted by molar-refractivity contribution is -0.137. The summed E-state index contributed by atoms with van der Waals surface area (Å²) in [5.74, 6) is -0.857. The molecule has 1 aromatic rings. The van der Waals surface area contributed by atoms with Gasteiger partial charge in [0, 0.05) is 17.6 Å². The van der Waals surface area contributed by atoms with Gasteiger partial charge >= 0.3 is 12.0 Å². The molecule has 0 radical (unpaired) electrons. The average Bonchev–Trinajstić information content (AvgIpc) is 2.83. The van der Waals surface area contributed by atoms with E-state index in [-0.39, 0.29) is 12.5 Å². The van der Waals surface area contributed by atoms with E-state index < -0.39 is 11.5 Å². The number of carboxylic acid groups (broad SMARTS) is 1. The quantitative estimate of drug-likeness (QED) is 0.780. The van der Waals surface area contributed by atoms with E-state index in [1.54, 1.807) is 0 Å². The predicted octanol–water partition coefficient (Wildman–Crippen LogP) is 2.94. The zero-order chi connectivity index (χ0) is 15.5. The van der Waals surface area contributed by atoms with Gasteiger partial charge in [-0.2, -0.15) is 0 Å². The van der Waals surface area contributed by atoms with Crippen LogP contribution in [0.15, 0.2) is 18.2 Å². The van der Waals surface area contributed by atoms with Crippen molar-refractivity contribution in [1.29, 1.82) is 0 Å². The largest absolute Gasteiger partial charge is 0.481 e. The topological polar surface area (TPSA) is 78.4 Å². The number of aliphatic carboxylic acids is 1. The summed E-state index contributed by atoms with van der Waals surface area (Å²) >= 11 is 0. The van der Waals surface area contributed by atoms with Crippen molar-refractivity contribution in [3.8, 4) is 0 Å². The van der Waals surface area contributed by atoms with E-state index in [1.807, 2.05) is 26.0 Å². The number of carbonyl (C=O) groups is 2. The number of nitrogens with one attached hydrogen (secondary N) is 2. The molecule has 0 aromatic heterocycles. The first-order chi connectivity index (χ1) is 9.85. The highest BCUT2D eigenvalue weighted by Crippen LogP contribution is 2.25. The van der Waals surface area contributed by atoms with Crippen LogP contribution >= 0.6 is 0 Å². The maximum absolute atomic E-state index is 12.0. The van der Waals surface area contributed by atoms with Crippen LogP contribution in [0.5, 0.6) is 0 Å². The van der Waals surface area contributed by atoms with Crippen molar-refractivity contribution < 1.29 is 14.7 Å². The van der Waals surface area contributed by atoms with Crippen molar-refractivity contribution in [2.75, 3.05) is 5.32 Å². The average molecular weight is 290 g/mol. The van der Waals surface area contributed by atoms with Crippen LogP contribution in [0.3, 0.4) is 0 Å². The van der Waals surface area contributed by atoms with Crippen molar-refractivity contribution in [2.24, 2.45) is 0 Å². The standard InChI is InChI=1S/C16H22N2O3/c1-16(2,9-8-14(19)20)18-15(21)17-13-7-6-11-4-3-5-12(11)10-13/h6-7,10H,3-5,8-9H2,1-2H3,(H,19,20)(H2,17,18,21). The van der Waals surface area contributed by atoms with E-state index in [2.05, 4.69) is 16.7 Å². The summed E-state index contributed by atoms with van der Waals surface area (Å²) in [5.41, 5.74) is 2.89. The van der Waals surface area contributed by atoms with Gasteiger partial charge in [-0.15, -0.1) is 0 Å². The molecule has 0 fully saturated rings. The molecular formula is C16H22N2O3. The highest BCUT2D eigenvalue weighted by molar-refractivity contribution is 5.90. The molecule has 0 bridgehead atoms. The molecule has 2 amide bonds. The minimum Gasteiger partial charge on any atom is -0.481 e. The Morgan fingerprint density at radius 1 is 1.24 bits per heavy atom.